The molecule has 1 saturated carbocycles. The second-order valence-corrected chi connectivity index (χ2v) is 9.39. The molecule has 3 unspecified atom stereocenters. The summed E-state index contributed by atoms with van der Waals surface area (Å²) in [6.45, 7) is 1.08. The van der Waals surface area contributed by atoms with E-state index in [4.69, 9.17) is 10.5 Å². The first-order valence-corrected chi connectivity index (χ1v) is 11.2. The molecule has 180 valence electrons. The minimum absolute atomic E-state index is 0.0947. The number of nitrogens with two attached hydrogens (primary N) is 1. The van der Waals surface area contributed by atoms with Gasteiger partial charge in [-0.1, -0.05) is 12.2 Å². The molecular weight excluding hydrogens is 454 g/mol. The predicted octanol–water partition coefficient (Wildman–Crippen LogP) is 2.66. The van der Waals surface area contributed by atoms with E-state index in [9.17, 15) is 18.0 Å². The number of morpholine rings is 1. The minimum atomic E-state index is -4.40. The number of hydrogen-bond acceptors (Lipinski definition) is 6. The maximum absolute atomic E-state index is 15.1. The number of carbonyl (C=O) groups is 1. The largest absolute Gasteiger partial charge is 0.412 e. The molecule has 4 atom stereocenters. The number of benzene rings is 1. The van der Waals surface area contributed by atoms with Crippen molar-refractivity contribution in [3.05, 3.63) is 52.5 Å². The van der Waals surface area contributed by atoms with Crippen LogP contribution < -0.4 is 11.1 Å². The van der Waals surface area contributed by atoms with Crippen molar-refractivity contribution in [2.24, 2.45) is 10.7 Å². The molecule has 7 nitrogen and oxygen atoms in total. The van der Waals surface area contributed by atoms with E-state index in [-0.39, 0.29) is 11.7 Å². The number of nitrogens with one attached hydrogen (secondary N) is 1. The number of hydrogen-bond donors (Lipinski definition) is 2. The molecule has 6 rings (SSSR count). The lowest BCUT2D eigenvalue weighted by molar-refractivity contribution is -0.143. The van der Waals surface area contributed by atoms with Gasteiger partial charge in [-0.3, -0.25) is 4.79 Å². The highest BCUT2D eigenvalue weighted by atomic mass is 19.4. The van der Waals surface area contributed by atoms with Crippen molar-refractivity contribution in [2.75, 3.05) is 20.2 Å². The van der Waals surface area contributed by atoms with E-state index in [0.29, 0.717) is 60.9 Å². The fourth-order valence-electron chi connectivity index (χ4n) is 5.80. The van der Waals surface area contributed by atoms with Crippen LogP contribution in [0.4, 0.5) is 23.2 Å². The van der Waals surface area contributed by atoms with Crippen molar-refractivity contribution in [1.82, 2.24) is 15.1 Å². The van der Waals surface area contributed by atoms with Crippen LogP contribution in [0, 0.1) is 5.82 Å². The zero-order valence-electron chi connectivity index (χ0n) is 18.3. The molecule has 1 aromatic carbocycles. The SMILES string of the molecule is CN(C(=O)c1cc2c(cc1F)N=C(N)N1CCOC3CC231)[C@H]1CCC2=C1C=CC(C(F)(F)F)N2. The van der Waals surface area contributed by atoms with E-state index in [1.807, 2.05) is 4.90 Å². The topological polar surface area (TPSA) is 83.2 Å². The number of dihydropyridines is 1. The maximum atomic E-state index is 15.1. The number of amides is 1. The van der Waals surface area contributed by atoms with Crippen LogP contribution in [0.25, 0.3) is 0 Å². The van der Waals surface area contributed by atoms with Gasteiger partial charge >= 0.3 is 6.18 Å². The van der Waals surface area contributed by atoms with Crippen LogP contribution in [0.15, 0.2) is 40.5 Å². The average Bonchev–Trinajstić information content (AvgIpc) is 3.39. The van der Waals surface area contributed by atoms with Crippen molar-refractivity contribution in [3.63, 3.8) is 0 Å². The zero-order chi connectivity index (χ0) is 24.0. The molecule has 0 bridgehead atoms. The highest BCUT2D eigenvalue weighted by Crippen LogP contribution is 2.59. The number of fused-ring (bicyclic) bond motifs is 1. The first kappa shape index (κ1) is 21.5. The van der Waals surface area contributed by atoms with Crippen LogP contribution in [0.1, 0.15) is 35.2 Å². The number of ether oxygens (including phenoxy) is 1. The lowest BCUT2D eigenvalue weighted by atomic mass is 9.94. The van der Waals surface area contributed by atoms with E-state index in [1.165, 1.54) is 17.0 Å². The van der Waals surface area contributed by atoms with Gasteiger partial charge in [0.15, 0.2) is 5.96 Å². The highest BCUT2D eigenvalue weighted by molar-refractivity contribution is 5.96. The molecule has 5 aliphatic rings. The Morgan fingerprint density at radius 3 is 2.94 bits per heavy atom. The zero-order valence-corrected chi connectivity index (χ0v) is 18.3. The van der Waals surface area contributed by atoms with Crippen LogP contribution in [0.2, 0.25) is 0 Å². The Hall–Kier alpha value is -3.08. The van der Waals surface area contributed by atoms with Gasteiger partial charge in [0.25, 0.3) is 5.91 Å². The number of rotatable bonds is 2. The third-order valence-corrected chi connectivity index (χ3v) is 7.59. The number of aliphatic imine (C=N–C) groups is 1. The Labute approximate surface area is 192 Å². The van der Waals surface area contributed by atoms with Gasteiger partial charge in [0.1, 0.15) is 11.9 Å². The van der Waals surface area contributed by atoms with Crippen LogP contribution in [-0.4, -0.2) is 66.2 Å². The fraction of sp³-hybridized carbons (Fsp3) is 0.478. The van der Waals surface area contributed by atoms with Gasteiger partial charge in [-0.25, -0.2) is 9.38 Å². The number of nitrogens with zero attached hydrogens (tertiary/aromatic N) is 3. The minimum Gasteiger partial charge on any atom is -0.374 e. The molecule has 2 aliphatic carbocycles. The smallest absolute Gasteiger partial charge is 0.374 e. The summed E-state index contributed by atoms with van der Waals surface area (Å²) in [5.41, 5.74) is 7.69. The first-order valence-electron chi connectivity index (χ1n) is 11.2. The second kappa shape index (κ2) is 6.97. The number of guanidine groups is 1. The predicted molar refractivity (Wildman–Crippen MR) is 115 cm³/mol. The quantitative estimate of drug-likeness (QED) is 0.640. The molecule has 1 amide bonds. The van der Waals surface area contributed by atoms with Gasteiger partial charge in [-0.15, -0.1) is 0 Å². The van der Waals surface area contributed by atoms with Gasteiger partial charge < -0.3 is 25.6 Å². The Kier molecular flexibility index (Phi) is 4.40. The second-order valence-electron chi connectivity index (χ2n) is 9.39. The van der Waals surface area contributed by atoms with Crippen LogP contribution in [0.3, 0.4) is 0 Å². The van der Waals surface area contributed by atoms with Crippen LogP contribution in [0.5, 0.6) is 0 Å². The summed E-state index contributed by atoms with van der Waals surface area (Å²) in [6.07, 6.45) is -0.492. The van der Waals surface area contributed by atoms with Crippen LogP contribution in [-0.2, 0) is 10.3 Å². The Morgan fingerprint density at radius 1 is 1.38 bits per heavy atom. The molecule has 11 heteroatoms. The summed E-state index contributed by atoms with van der Waals surface area (Å²) in [4.78, 5) is 21.1. The third-order valence-electron chi connectivity index (χ3n) is 7.59. The normalized spacial score (nSPS) is 31.1. The molecule has 0 aromatic heterocycles. The molecule has 1 spiro atoms. The third kappa shape index (κ3) is 2.92. The number of alkyl halides is 3. The lowest BCUT2D eigenvalue weighted by Crippen LogP contribution is -2.52. The van der Waals surface area contributed by atoms with E-state index in [0.717, 1.165) is 6.08 Å². The summed E-state index contributed by atoms with van der Waals surface area (Å²) in [5, 5.41) is 2.53. The molecule has 3 N–H and O–H groups in total. The van der Waals surface area contributed by atoms with E-state index >= 15 is 4.39 Å². The highest BCUT2D eigenvalue weighted by Gasteiger charge is 2.65. The number of carbonyl (C=O) groups excluding carboxylic acids is 1. The Morgan fingerprint density at radius 2 is 2.18 bits per heavy atom. The van der Waals surface area contributed by atoms with Gasteiger partial charge in [-0.05, 0) is 24.5 Å². The average molecular weight is 477 g/mol. The molecule has 3 heterocycles. The van der Waals surface area contributed by atoms with E-state index in [2.05, 4.69) is 10.3 Å². The number of likely N-dealkylation sites (N-methyl/N-ethyl adjacent to an activating group) is 1. The Balaban J connectivity index is 1.30. The standard InChI is InChI=1S/C23H23F4N5O2/c1-31(17-4-3-15-11(17)2-5-18(29-15)23(25,26)27)20(33)12-8-13-16(9-14(12)24)30-21(28)32-6-7-34-19-10-22(13,19)32/h2,5,8-9,17-19,29H,3-4,6-7,10H2,1H3,(H2,28,30)/t17-,18?,19?,22?/m0/s1. The molecule has 1 saturated heterocycles. The lowest BCUT2D eigenvalue weighted by Gasteiger charge is -2.40. The maximum Gasteiger partial charge on any atom is 0.412 e. The summed E-state index contributed by atoms with van der Waals surface area (Å²) in [6, 6.07) is 0.573. The van der Waals surface area contributed by atoms with Gasteiger partial charge in [0, 0.05) is 37.3 Å². The Bertz CT molecular complexity index is 1190. The van der Waals surface area contributed by atoms with E-state index in [1.54, 1.807) is 13.1 Å². The summed E-state index contributed by atoms with van der Waals surface area (Å²) >= 11 is 0. The summed E-state index contributed by atoms with van der Waals surface area (Å²) in [5.74, 6) is -0.939. The molecular formula is C23H23F4N5O2. The van der Waals surface area contributed by atoms with Gasteiger partial charge in [0.2, 0.25) is 0 Å². The van der Waals surface area contributed by atoms with Crippen LogP contribution >= 0.6 is 0 Å². The van der Waals surface area contributed by atoms with Crippen molar-refractivity contribution in [3.8, 4) is 0 Å². The molecule has 34 heavy (non-hydrogen) atoms. The van der Waals surface area contributed by atoms with Crippen molar-refractivity contribution in [1.29, 1.82) is 0 Å². The first-order chi connectivity index (χ1) is 16.1. The molecule has 3 aliphatic heterocycles. The van der Waals surface area contributed by atoms with Crippen molar-refractivity contribution >= 4 is 17.6 Å². The summed E-state index contributed by atoms with van der Waals surface area (Å²) in [7, 11) is 1.55. The number of halogens is 4. The van der Waals surface area contributed by atoms with Crippen molar-refractivity contribution in [2.45, 2.75) is 49.2 Å². The van der Waals surface area contributed by atoms with Crippen molar-refractivity contribution < 1.29 is 27.1 Å². The fourth-order valence-corrected chi connectivity index (χ4v) is 5.80. The van der Waals surface area contributed by atoms with E-state index < -0.39 is 35.5 Å². The molecule has 0 radical (unpaired) electrons. The summed E-state index contributed by atoms with van der Waals surface area (Å²) < 4.78 is 60.2. The molecule has 1 aromatic rings. The van der Waals surface area contributed by atoms with Gasteiger partial charge in [0.05, 0.1) is 35.5 Å². The number of allylic oxidation sites excluding steroid dienone is 1. The monoisotopic (exact) mass is 477 g/mol. The van der Waals surface area contributed by atoms with Gasteiger partial charge in [-0.2, -0.15) is 13.2 Å². The molecule has 2 fully saturated rings.